The molecule has 0 atom stereocenters. The number of aromatic hydroxyl groups is 2. The van der Waals surface area contributed by atoms with Crippen molar-refractivity contribution in [3.05, 3.63) is 132 Å². The zero-order valence-electron chi connectivity index (χ0n) is 22.7. The van der Waals surface area contributed by atoms with Crippen LogP contribution in [0.5, 0.6) is 11.5 Å². The molecule has 4 aromatic carbocycles. The quantitative estimate of drug-likeness (QED) is 0.226. The van der Waals surface area contributed by atoms with E-state index in [9.17, 15) is 10.2 Å². The van der Waals surface area contributed by atoms with E-state index in [0.29, 0.717) is 11.5 Å². The molecule has 0 aliphatic heterocycles. The number of rotatable bonds is 2. The van der Waals surface area contributed by atoms with Crippen molar-refractivity contribution < 1.29 is 44.3 Å². The SMILES string of the molecule is CC1=[C-]C(C)(C)C(C)=C1C.Oc1ccccc1-c1ccccc1.Oc1ccccc1-c1ccccc1.[Cl-].[Ti+2]. The van der Waals surface area contributed by atoms with E-state index in [1.54, 1.807) is 12.1 Å². The van der Waals surface area contributed by atoms with Crippen molar-refractivity contribution in [2.75, 3.05) is 0 Å². The molecular weight excluding hydrogens is 524 g/mol. The van der Waals surface area contributed by atoms with E-state index < -0.39 is 0 Å². The molecule has 4 aromatic rings. The Labute approximate surface area is 249 Å². The van der Waals surface area contributed by atoms with Crippen LogP contribution in [0.4, 0.5) is 0 Å². The topological polar surface area (TPSA) is 40.5 Å². The molecule has 0 unspecified atom stereocenters. The van der Waals surface area contributed by atoms with Crippen LogP contribution in [-0.4, -0.2) is 10.2 Å². The van der Waals surface area contributed by atoms with Crippen LogP contribution in [0.3, 0.4) is 0 Å². The van der Waals surface area contributed by atoms with E-state index in [-0.39, 0.29) is 39.5 Å². The van der Waals surface area contributed by atoms with Gasteiger partial charge in [0.05, 0.1) is 0 Å². The van der Waals surface area contributed by atoms with Gasteiger partial charge in [0, 0.05) is 11.1 Å². The Bertz CT molecular complexity index is 1260. The van der Waals surface area contributed by atoms with E-state index in [1.807, 2.05) is 97.1 Å². The summed E-state index contributed by atoms with van der Waals surface area (Å²) in [7, 11) is 0. The Balaban J connectivity index is 0.000000281. The minimum Gasteiger partial charge on any atom is -1.00 e. The molecule has 1 aliphatic rings. The van der Waals surface area contributed by atoms with Gasteiger partial charge in [0.2, 0.25) is 0 Å². The van der Waals surface area contributed by atoms with Crippen molar-refractivity contribution in [3.63, 3.8) is 0 Å². The van der Waals surface area contributed by atoms with Crippen LogP contribution in [-0.2, 0) is 21.7 Å². The molecule has 2 nitrogen and oxygen atoms in total. The van der Waals surface area contributed by atoms with Gasteiger partial charge in [-0.3, -0.25) is 6.08 Å². The third kappa shape index (κ3) is 8.77. The molecule has 194 valence electrons. The normalized spacial score (nSPS) is 12.9. The van der Waals surface area contributed by atoms with Crippen LogP contribution in [0.15, 0.2) is 126 Å². The minimum absolute atomic E-state index is 0. The zero-order valence-corrected chi connectivity index (χ0v) is 25.0. The molecule has 0 aromatic heterocycles. The van der Waals surface area contributed by atoms with Gasteiger partial charge < -0.3 is 22.6 Å². The van der Waals surface area contributed by atoms with E-state index >= 15 is 0 Å². The summed E-state index contributed by atoms with van der Waals surface area (Å²) in [6, 6.07) is 34.4. The summed E-state index contributed by atoms with van der Waals surface area (Å²) in [4.78, 5) is 0. The summed E-state index contributed by atoms with van der Waals surface area (Å²) in [6.45, 7) is 10.9. The Morgan fingerprint density at radius 1 is 0.553 bits per heavy atom. The van der Waals surface area contributed by atoms with Crippen molar-refractivity contribution in [1.29, 1.82) is 0 Å². The molecule has 0 radical (unpaired) electrons. The number of allylic oxidation sites excluding steroid dienone is 4. The van der Waals surface area contributed by atoms with E-state index in [2.05, 4.69) is 40.7 Å². The molecule has 5 rings (SSSR count). The molecule has 0 bridgehead atoms. The Kier molecular flexibility index (Phi) is 13.4. The van der Waals surface area contributed by atoms with Gasteiger partial charge in [-0.1, -0.05) is 130 Å². The maximum atomic E-state index is 9.56. The van der Waals surface area contributed by atoms with Gasteiger partial charge in [-0.15, -0.1) is 6.92 Å². The number of para-hydroxylation sites is 2. The summed E-state index contributed by atoms with van der Waals surface area (Å²) in [5.41, 5.74) is 8.23. The van der Waals surface area contributed by atoms with E-state index in [0.717, 1.165) is 22.3 Å². The number of hydrogen-bond donors (Lipinski definition) is 2. The van der Waals surface area contributed by atoms with Crippen LogP contribution < -0.4 is 12.4 Å². The van der Waals surface area contributed by atoms with Crippen molar-refractivity contribution in [1.82, 2.24) is 0 Å². The maximum absolute atomic E-state index is 9.56. The molecule has 38 heavy (non-hydrogen) atoms. The third-order valence-electron chi connectivity index (χ3n) is 6.54. The molecule has 0 saturated carbocycles. The second-order valence-corrected chi connectivity index (χ2v) is 9.39. The van der Waals surface area contributed by atoms with Gasteiger partial charge in [-0.2, -0.15) is 11.1 Å². The summed E-state index contributed by atoms with van der Waals surface area (Å²) >= 11 is 0. The van der Waals surface area contributed by atoms with Crippen LogP contribution in [0, 0.1) is 11.5 Å². The number of benzene rings is 4. The van der Waals surface area contributed by atoms with Gasteiger partial charge in [-0.05, 0) is 23.3 Å². The summed E-state index contributed by atoms with van der Waals surface area (Å²) in [5, 5.41) is 19.1. The monoisotopic (exact) mass is 558 g/mol. The Morgan fingerprint density at radius 3 is 1.16 bits per heavy atom. The van der Waals surface area contributed by atoms with Crippen LogP contribution in [0.1, 0.15) is 34.6 Å². The van der Waals surface area contributed by atoms with Crippen LogP contribution >= 0.6 is 0 Å². The van der Waals surface area contributed by atoms with Crippen molar-refractivity contribution >= 4 is 0 Å². The molecule has 0 amide bonds. The minimum atomic E-state index is 0. The summed E-state index contributed by atoms with van der Waals surface area (Å²) < 4.78 is 0. The third-order valence-corrected chi connectivity index (χ3v) is 6.54. The average molecular weight is 559 g/mol. The van der Waals surface area contributed by atoms with Crippen LogP contribution in [0.25, 0.3) is 22.3 Å². The summed E-state index contributed by atoms with van der Waals surface area (Å²) in [6.07, 6.45) is 3.44. The summed E-state index contributed by atoms with van der Waals surface area (Å²) in [5.74, 6) is 0.655. The molecule has 0 heterocycles. The van der Waals surface area contributed by atoms with E-state index in [4.69, 9.17) is 0 Å². The molecule has 4 heteroatoms. The smallest absolute Gasteiger partial charge is 1.00 e. The Morgan fingerprint density at radius 2 is 0.895 bits per heavy atom. The Hall–Kier alpha value is -3.04. The van der Waals surface area contributed by atoms with Gasteiger partial charge in [0.1, 0.15) is 11.5 Å². The fourth-order valence-corrected chi connectivity index (χ4v) is 4.08. The maximum Gasteiger partial charge on any atom is 2.00 e. The molecule has 1 aliphatic carbocycles. The standard InChI is InChI=1S/2C12H10O.C10H15.ClH.Ti/c2*13-12-9-5-4-8-11(12)10-6-2-1-3-7-10;1-7-6-10(4,5)9(3)8(7)2;;/h2*1-9,13H;1-5H3;1H;/q;;-1;;+2/p-1. The predicted molar refractivity (Wildman–Crippen MR) is 152 cm³/mol. The first kappa shape index (κ1) is 33.0. The molecule has 0 saturated heterocycles. The van der Waals surface area contributed by atoms with Gasteiger partial charge in [-0.25, -0.2) is 5.57 Å². The second-order valence-electron chi connectivity index (χ2n) is 9.39. The van der Waals surface area contributed by atoms with Crippen molar-refractivity contribution in [3.8, 4) is 33.8 Å². The zero-order chi connectivity index (χ0) is 26.1. The molecule has 0 spiro atoms. The number of phenols is 2. The van der Waals surface area contributed by atoms with Crippen molar-refractivity contribution in [2.45, 2.75) is 34.6 Å². The van der Waals surface area contributed by atoms with Gasteiger partial charge in [0.25, 0.3) is 0 Å². The fraction of sp³-hybridized carbons (Fsp3) is 0.176. The van der Waals surface area contributed by atoms with Crippen molar-refractivity contribution in [2.24, 2.45) is 5.41 Å². The first-order chi connectivity index (χ1) is 17.2. The largest absolute Gasteiger partial charge is 2.00 e. The van der Waals surface area contributed by atoms with Crippen LogP contribution in [0.2, 0.25) is 0 Å². The molecule has 2 N–H and O–H groups in total. The average Bonchev–Trinajstić information content (AvgIpc) is 3.07. The molecule has 0 fully saturated rings. The number of hydrogen-bond acceptors (Lipinski definition) is 2. The predicted octanol–water partition coefficient (Wildman–Crippen LogP) is 6.23. The first-order valence-corrected chi connectivity index (χ1v) is 12.2. The first-order valence-electron chi connectivity index (χ1n) is 12.2. The van der Waals surface area contributed by atoms with Gasteiger partial charge >= 0.3 is 21.7 Å². The van der Waals surface area contributed by atoms with Gasteiger partial charge in [0.15, 0.2) is 0 Å². The molecular formula is C34H35ClO2Ti. The van der Waals surface area contributed by atoms with E-state index in [1.165, 1.54) is 16.7 Å². The number of halogens is 1. The second kappa shape index (κ2) is 15.4. The fourth-order valence-electron chi connectivity index (χ4n) is 4.08. The number of phenolic OH excluding ortho intramolecular Hbond substituents is 2.